The van der Waals surface area contributed by atoms with Crippen molar-refractivity contribution in [2.75, 3.05) is 25.6 Å². The van der Waals surface area contributed by atoms with E-state index < -0.39 is 30.0 Å². The molecule has 0 saturated heterocycles. The lowest BCUT2D eigenvalue weighted by Crippen LogP contribution is -2.24. The third-order valence-corrected chi connectivity index (χ3v) is 6.99. The zero-order valence-electron chi connectivity index (χ0n) is 21.6. The first kappa shape index (κ1) is 29.0. The highest BCUT2D eigenvalue weighted by atomic mass is 32.2. The van der Waals surface area contributed by atoms with Crippen LogP contribution < -0.4 is 9.47 Å². The molecule has 0 aliphatic heterocycles. The van der Waals surface area contributed by atoms with Gasteiger partial charge >= 0.3 is 5.97 Å². The number of hydrogen-bond acceptors (Lipinski definition) is 5. The van der Waals surface area contributed by atoms with Gasteiger partial charge in [-0.3, -0.25) is 0 Å². The predicted octanol–water partition coefficient (Wildman–Crippen LogP) is 7.48. The predicted molar refractivity (Wildman–Crippen MR) is 148 cm³/mol. The molecule has 5 nitrogen and oxygen atoms in total. The second kappa shape index (κ2) is 13.9. The molecule has 1 atom stereocenters. The second-order valence-electron chi connectivity index (χ2n) is 8.65. The Kier molecular flexibility index (Phi) is 10.1. The maximum atomic E-state index is 14.1. The molecular weight excluding hydrogens is 541 g/mol. The highest BCUT2D eigenvalue weighted by molar-refractivity contribution is 7.99. The quantitative estimate of drug-likeness (QED) is 0.133. The summed E-state index contributed by atoms with van der Waals surface area (Å²) in [6.07, 6.45) is -0.249. The number of rotatable bonds is 13. The third kappa shape index (κ3) is 7.58. The number of carboxylic acids is 1. The molecule has 0 bridgehead atoms. The van der Waals surface area contributed by atoms with Crippen molar-refractivity contribution in [3.63, 3.8) is 0 Å². The number of carbonyl (C=O) groups is 1. The SMILES string of the molecule is CCO[C@H](COc1ccc(-c2ccc(F)c(F)c2F)cc1)CSc1ccc(OCC(=O)O)c(-c2ccccc2)c1. The van der Waals surface area contributed by atoms with E-state index in [9.17, 15) is 18.0 Å². The molecule has 0 fully saturated rings. The van der Waals surface area contributed by atoms with Crippen molar-refractivity contribution in [2.24, 2.45) is 0 Å². The Balaban J connectivity index is 1.41. The lowest BCUT2D eigenvalue weighted by Gasteiger charge is -2.18. The molecule has 1 N–H and O–H groups in total. The van der Waals surface area contributed by atoms with Crippen LogP contribution in [0.15, 0.2) is 89.8 Å². The Morgan fingerprint density at radius 1 is 0.850 bits per heavy atom. The highest BCUT2D eigenvalue weighted by Crippen LogP contribution is 2.35. The Hall–Kier alpha value is -3.95. The molecule has 0 saturated carbocycles. The normalized spacial score (nSPS) is 11.7. The van der Waals surface area contributed by atoms with Crippen molar-refractivity contribution >= 4 is 17.7 Å². The summed E-state index contributed by atoms with van der Waals surface area (Å²) in [5, 5.41) is 9.02. The van der Waals surface area contributed by atoms with Crippen LogP contribution in [0.25, 0.3) is 22.3 Å². The van der Waals surface area contributed by atoms with Crippen LogP contribution in [-0.4, -0.2) is 42.8 Å². The fourth-order valence-corrected chi connectivity index (χ4v) is 4.88. The molecule has 208 valence electrons. The first-order valence-corrected chi connectivity index (χ1v) is 13.5. The minimum Gasteiger partial charge on any atom is -0.491 e. The van der Waals surface area contributed by atoms with E-state index in [1.807, 2.05) is 49.4 Å². The van der Waals surface area contributed by atoms with E-state index in [4.69, 9.17) is 19.3 Å². The summed E-state index contributed by atoms with van der Waals surface area (Å²) < 4.78 is 58.2. The zero-order chi connectivity index (χ0) is 28.5. The van der Waals surface area contributed by atoms with Gasteiger partial charge in [0.25, 0.3) is 0 Å². The van der Waals surface area contributed by atoms with Gasteiger partial charge in [0.15, 0.2) is 24.1 Å². The summed E-state index contributed by atoms with van der Waals surface area (Å²) in [5.41, 5.74) is 2.05. The van der Waals surface area contributed by atoms with Crippen LogP contribution in [0, 0.1) is 17.5 Å². The van der Waals surface area contributed by atoms with Crippen molar-refractivity contribution in [1.82, 2.24) is 0 Å². The summed E-state index contributed by atoms with van der Waals surface area (Å²) >= 11 is 1.56. The first-order chi connectivity index (χ1) is 19.4. The van der Waals surface area contributed by atoms with Crippen LogP contribution in [0.5, 0.6) is 11.5 Å². The van der Waals surface area contributed by atoms with Crippen LogP contribution in [0.4, 0.5) is 13.2 Å². The number of hydrogen-bond donors (Lipinski definition) is 1. The van der Waals surface area contributed by atoms with Gasteiger partial charge in [0.05, 0.1) is 0 Å². The molecule has 40 heavy (non-hydrogen) atoms. The molecule has 0 amide bonds. The maximum Gasteiger partial charge on any atom is 0.341 e. The minimum absolute atomic E-state index is 0.0386. The van der Waals surface area contributed by atoms with Crippen molar-refractivity contribution < 1.29 is 37.3 Å². The van der Waals surface area contributed by atoms with Gasteiger partial charge in [-0.15, -0.1) is 11.8 Å². The molecule has 0 aliphatic rings. The van der Waals surface area contributed by atoms with Crippen LogP contribution in [-0.2, 0) is 9.53 Å². The van der Waals surface area contributed by atoms with Gasteiger partial charge in [-0.2, -0.15) is 0 Å². The number of aliphatic carboxylic acids is 1. The van der Waals surface area contributed by atoms with Crippen LogP contribution in [0.3, 0.4) is 0 Å². The summed E-state index contributed by atoms with van der Waals surface area (Å²) in [6, 6.07) is 23.7. The smallest absolute Gasteiger partial charge is 0.341 e. The Labute approximate surface area is 234 Å². The van der Waals surface area contributed by atoms with Gasteiger partial charge in [-0.05, 0) is 60.5 Å². The molecular formula is C31H27F3O5S. The van der Waals surface area contributed by atoms with Gasteiger partial charge in [-0.1, -0.05) is 42.5 Å². The summed E-state index contributed by atoms with van der Waals surface area (Å²) in [5.74, 6) is -3.45. The highest BCUT2D eigenvalue weighted by Gasteiger charge is 2.16. The van der Waals surface area contributed by atoms with Gasteiger partial charge in [0.1, 0.15) is 24.2 Å². The number of ether oxygens (including phenoxy) is 3. The summed E-state index contributed by atoms with van der Waals surface area (Å²) in [6.45, 7) is 2.20. The van der Waals surface area contributed by atoms with Crippen molar-refractivity contribution in [1.29, 1.82) is 0 Å². The van der Waals surface area contributed by atoms with E-state index in [2.05, 4.69) is 0 Å². The summed E-state index contributed by atoms with van der Waals surface area (Å²) in [4.78, 5) is 12.0. The Morgan fingerprint density at radius 2 is 1.57 bits per heavy atom. The molecule has 4 aromatic carbocycles. The topological polar surface area (TPSA) is 65.0 Å². The number of carboxylic acid groups (broad SMARTS) is 1. The van der Waals surface area contributed by atoms with Crippen LogP contribution in [0.1, 0.15) is 6.92 Å². The van der Waals surface area contributed by atoms with Crippen molar-refractivity contribution in [3.8, 4) is 33.8 Å². The fourth-order valence-electron chi connectivity index (χ4n) is 3.95. The van der Waals surface area contributed by atoms with Crippen molar-refractivity contribution in [2.45, 2.75) is 17.9 Å². The monoisotopic (exact) mass is 568 g/mol. The molecule has 0 aromatic heterocycles. The Bertz CT molecular complexity index is 1430. The molecule has 4 rings (SSSR count). The fraction of sp³-hybridized carbons (Fsp3) is 0.194. The van der Waals surface area contributed by atoms with Gasteiger partial charge in [0.2, 0.25) is 0 Å². The Morgan fingerprint density at radius 3 is 2.27 bits per heavy atom. The molecule has 9 heteroatoms. The van der Waals surface area contributed by atoms with Crippen LogP contribution >= 0.6 is 11.8 Å². The number of thioether (sulfide) groups is 1. The van der Waals surface area contributed by atoms with Gasteiger partial charge in [-0.25, -0.2) is 18.0 Å². The van der Waals surface area contributed by atoms with Gasteiger partial charge < -0.3 is 19.3 Å². The molecule has 0 spiro atoms. The largest absolute Gasteiger partial charge is 0.491 e. The molecule has 0 unspecified atom stereocenters. The average molecular weight is 569 g/mol. The van der Waals surface area contributed by atoms with Crippen LogP contribution in [0.2, 0.25) is 0 Å². The maximum absolute atomic E-state index is 14.1. The second-order valence-corrected chi connectivity index (χ2v) is 9.75. The first-order valence-electron chi connectivity index (χ1n) is 12.5. The third-order valence-electron chi connectivity index (χ3n) is 5.86. The summed E-state index contributed by atoms with van der Waals surface area (Å²) in [7, 11) is 0. The molecule has 4 aromatic rings. The standard InChI is InChI=1S/C31H27F3O5S/c1-2-37-23(17-38-22-10-8-21(9-11-22)25-13-14-27(32)31(34)30(25)33)19-40-24-12-15-28(39-18-29(35)36)26(16-24)20-6-4-3-5-7-20/h3-16,23H,2,17-19H2,1H3,(H,35,36)/t23-/m1/s1. The molecule has 0 heterocycles. The van der Waals surface area contributed by atoms with E-state index in [-0.39, 0.29) is 18.3 Å². The number of halogens is 3. The lowest BCUT2D eigenvalue weighted by atomic mass is 10.0. The van der Waals surface area contributed by atoms with Crippen molar-refractivity contribution in [3.05, 3.63) is 102 Å². The van der Waals surface area contributed by atoms with E-state index in [1.165, 1.54) is 6.07 Å². The average Bonchev–Trinajstić information content (AvgIpc) is 2.97. The van der Waals surface area contributed by atoms with E-state index >= 15 is 0 Å². The zero-order valence-corrected chi connectivity index (χ0v) is 22.4. The lowest BCUT2D eigenvalue weighted by molar-refractivity contribution is -0.139. The minimum atomic E-state index is -1.51. The van der Waals surface area contributed by atoms with E-state index in [0.717, 1.165) is 22.1 Å². The van der Waals surface area contributed by atoms with E-state index in [1.54, 1.807) is 42.1 Å². The number of benzene rings is 4. The molecule has 0 radical (unpaired) electrons. The molecule has 0 aliphatic carbocycles. The van der Waals surface area contributed by atoms with E-state index in [0.29, 0.717) is 29.4 Å². The van der Waals surface area contributed by atoms with Gasteiger partial charge in [0, 0.05) is 28.4 Å².